The molecule has 0 unspecified atom stereocenters. The Morgan fingerprint density at radius 1 is 0.300 bits per heavy atom. The molecule has 0 fully saturated rings. The SMILES string of the molecule is c1ccc(-c2cccc(-c3nc(-c4cccc(-c5ccccn5)n4)nc(-c4ccc5ccccc5n4)n3)n2)nc1. The summed E-state index contributed by atoms with van der Waals surface area (Å²) in [6.45, 7) is 0. The normalized spacial score (nSPS) is 11.0. The van der Waals surface area contributed by atoms with Gasteiger partial charge >= 0.3 is 0 Å². The molecule has 0 aliphatic heterocycles. The highest BCUT2D eigenvalue weighted by molar-refractivity contribution is 5.81. The van der Waals surface area contributed by atoms with Crippen LogP contribution in [-0.2, 0) is 0 Å². The molecule has 7 aromatic rings. The third kappa shape index (κ3) is 4.65. The van der Waals surface area contributed by atoms with Crippen molar-refractivity contribution in [3.05, 3.63) is 122 Å². The first-order valence-electron chi connectivity index (χ1n) is 12.7. The molecule has 0 amide bonds. The van der Waals surface area contributed by atoms with Gasteiger partial charge in [-0.3, -0.25) is 9.97 Å². The Kier molecular flexibility index (Phi) is 5.95. The average Bonchev–Trinajstić information content (AvgIpc) is 3.05. The Morgan fingerprint density at radius 2 is 0.775 bits per heavy atom. The number of pyridine rings is 5. The fourth-order valence-corrected chi connectivity index (χ4v) is 4.34. The van der Waals surface area contributed by atoms with Gasteiger partial charge in [-0.1, -0.05) is 48.5 Å². The summed E-state index contributed by atoms with van der Waals surface area (Å²) in [5.74, 6) is 1.26. The lowest BCUT2D eigenvalue weighted by molar-refractivity contribution is 1.04. The van der Waals surface area contributed by atoms with E-state index in [9.17, 15) is 0 Å². The van der Waals surface area contributed by atoms with Crippen molar-refractivity contribution in [1.29, 1.82) is 0 Å². The molecule has 40 heavy (non-hydrogen) atoms. The summed E-state index contributed by atoms with van der Waals surface area (Å²) in [6.07, 6.45) is 3.49. The number of hydrogen-bond acceptors (Lipinski definition) is 8. The minimum absolute atomic E-state index is 0.415. The Balaban J connectivity index is 1.40. The maximum atomic E-state index is 4.83. The number of nitrogens with zero attached hydrogens (tertiary/aromatic N) is 8. The van der Waals surface area contributed by atoms with Gasteiger partial charge in [0.25, 0.3) is 0 Å². The second-order valence-corrected chi connectivity index (χ2v) is 8.94. The second-order valence-electron chi connectivity index (χ2n) is 8.94. The third-order valence-electron chi connectivity index (χ3n) is 6.27. The number of hydrogen-bond donors (Lipinski definition) is 0. The smallest absolute Gasteiger partial charge is 0.182 e. The van der Waals surface area contributed by atoms with E-state index in [4.69, 9.17) is 29.9 Å². The van der Waals surface area contributed by atoms with Crippen molar-refractivity contribution in [2.75, 3.05) is 0 Å². The Bertz CT molecular complexity index is 1860. The molecule has 8 heteroatoms. The van der Waals surface area contributed by atoms with Crippen molar-refractivity contribution in [2.24, 2.45) is 0 Å². The van der Waals surface area contributed by atoms with Gasteiger partial charge in [0, 0.05) is 17.8 Å². The van der Waals surface area contributed by atoms with Crippen molar-refractivity contribution < 1.29 is 0 Å². The molecule has 8 nitrogen and oxygen atoms in total. The molecule has 0 bridgehead atoms. The molecule has 0 aliphatic rings. The van der Waals surface area contributed by atoms with Crippen molar-refractivity contribution >= 4 is 10.9 Å². The summed E-state index contributed by atoms with van der Waals surface area (Å²) < 4.78 is 0. The molecule has 0 aliphatic carbocycles. The molecular weight excluding hydrogens is 496 g/mol. The molecule has 1 aromatic carbocycles. The molecule has 0 radical (unpaired) electrons. The lowest BCUT2D eigenvalue weighted by Crippen LogP contribution is -2.03. The molecule has 6 aromatic heterocycles. The van der Waals surface area contributed by atoms with Gasteiger partial charge in [0.05, 0.1) is 28.3 Å². The summed E-state index contributed by atoms with van der Waals surface area (Å²) in [5.41, 5.74) is 5.64. The van der Waals surface area contributed by atoms with Crippen LogP contribution in [0.2, 0.25) is 0 Å². The Morgan fingerprint density at radius 3 is 1.32 bits per heavy atom. The third-order valence-corrected chi connectivity index (χ3v) is 6.27. The van der Waals surface area contributed by atoms with Gasteiger partial charge < -0.3 is 0 Å². The molecule has 188 valence electrons. The molecule has 0 spiro atoms. The molecule has 0 saturated heterocycles. The van der Waals surface area contributed by atoms with Gasteiger partial charge in [-0.05, 0) is 60.7 Å². The maximum Gasteiger partial charge on any atom is 0.182 e. The summed E-state index contributed by atoms with van der Waals surface area (Å²) >= 11 is 0. The highest BCUT2D eigenvalue weighted by Crippen LogP contribution is 2.26. The van der Waals surface area contributed by atoms with Crippen LogP contribution in [0.15, 0.2) is 122 Å². The minimum Gasteiger partial charge on any atom is -0.255 e. The molecule has 6 heterocycles. The lowest BCUT2D eigenvalue weighted by Gasteiger charge is -2.09. The zero-order chi connectivity index (χ0) is 26.7. The first kappa shape index (κ1) is 23.4. The number of fused-ring (bicyclic) bond motifs is 1. The van der Waals surface area contributed by atoms with Crippen LogP contribution in [-0.4, -0.2) is 39.9 Å². The van der Waals surface area contributed by atoms with Crippen LogP contribution in [0.4, 0.5) is 0 Å². The van der Waals surface area contributed by atoms with Crippen LogP contribution in [0, 0.1) is 0 Å². The average molecular weight is 517 g/mol. The zero-order valence-corrected chi connectivity index (χ0v) is 21.1. The van der Waals surface area contributed by atoms with E-state index in [1.54, 1.807) is 12.4 Å². The Labute approximate surface area is 229 Å². The van der Waals surface area contributed by atoms with E-state index >= 15 is 0 Å². The van der Waals surface area contributed by atoms with Crippen LogP contribution in [0.3, 0.4) is 0 Å². The standard InChI is InChI=1S/C32H20N8/c1-2-10-22-21(9-1)17-18-29(35-22)32-39-30(27-15-7-13-25(36-27)23-11-3-5-19-33-23)38-31(40-32)28-16-8-14-26(37-28)24-12-4-6-20-34-24/h1-20H. The van der Waals surface area contributed by atoms with E-state index in [0.29, 0.717) is 34.6 Å². The summed E-state index contributed by atoms with van der Waals surface area (Å²) in [5, 5.41) is 1.04. The number of benzene rings is 1. The van der Waals surface area contributed by atoms with Gasteiger partial charge in [-0.25, -0.2) is 29.9 Å². The van der Waals surface area contributed by atoms with E-state index in [1.807, 2.05) is 109 Å². The molecule has 7 rings (SSSR count). The predicted molar refractivity (Wildman–Crippen MR) is 153 cm³/mol. The second kappa shape index (κ2) is 10.2. The monoisotopic (exact) mass is 516 g/mol. The van der Waals surface area contributed by atoms with Crippen LogP contribution in [0.25, 0.3) is 68.2 Å². The van der Waals surface area contributed by atoms with Crippen LogP contribution in [0.5, 0.6) is 0 Å². The van der Waals surface area contributed by atoms with E-state index in [2.05, 4.69) is 9.97 Å². The van der Waals surface area contributed by atoms with Crippen LogP contribution in [0.1, 0.15) is 0 Å². The molecular formula is C32H20N8. The van der Waals surface area contributed by atoms with Gasteiger partial charge in [0.15, 0.2) is 17.5 Å². The highest BCUT2D eigenvalue weighted by atomic mass is 15.1. The summed E-state index contributed by atoms with van der Waals surface area (Å²) in [7, 11) is 0. The molecule has 0 atom stereocenters. The minimum atomic E-state index is 0.415. The van der Waals surface area contributed by atoms with Crippen LogP contribution >= 0.6 is 0 Å². The van der Waals surface area contributed by atoms with E-state index in [0.717, 1.165) is 33.7 Å². The first-order valence-corrected chi connectivity index (χ1v) is 12.7. The van der Waals surface area contributed by atoms with Crippen molar-refractivity contribution in [1.82, 2.24) is 39.9 Å². The summed E-state index contributed by atoms with van der Waals surface area (Å²) in [6, 6.07) is 34.8. The van der Waals surface area contributed by atoms with Crippen molar-refractivity contribution in [3.63, 3.8) is 0 Å². The van der Waals surface area contributed by atoms with Gasteiger partial charge in [-0.15, -0.1) is 0 Å². The zero-order valence-electron chi connectivity index (χ0n) is 21.1. The topological polar surface area (TPSA) is 103 Å². The lowest BCUT2D eigenvalue weighted by atomic mass is 10.2. The Hall–Kier alpha value is -5.76. The fraction of sp³-hybridized carbons (Fsp3) is 0. The molecule has 0 N–H and O–H groups in total. The highest BCUT2D eigenvalue weighted by Gasteiger charge is 2.16. The van der Waals surface area contributed by atoms with Gasteiger partial charge in [0.1, 0.15) is 17.1 Å². The van der Waals surface area contributed by atoms with Gasteiger partial charge in [0.2, 0.25) is 0 Å². The quantitative estimate of drug-likeness (QED) is 0.261. The number of rotatable bonds is 5. The first-order chi connectivity index (χ1) is 19.8. The number of para-hydroxylation sites is 1. The number of aromatic nitrogens is 8. The van der Waals surface area contributed by atoms with Crippen LogP contribution < -0.4 is 0 Å². The molecule has 0 saturated carbocycles. The van der Waals surface area contributed by atoms with Gasteiger partial charge in [-0.2, -0.15) is 0 Å². The van der Waals surface area contributed by atoms with E-state index in [1.165, 1.54) is 0 Å². The van der Waals surface area contributed by atoms with E-state index in [-0.39, 0.29) is 0 Å². The summed E-state index contributed by atoms with van der Waals surface area (Å²) in [4.78, 5) is 37.8. The van der Waals surface area contributed by atoms with Crippen molar-refractivity contribution in [2.45, 2.75) is 0 Å². The predicted octanol–water partition coefficient (Wildman–Crippen LogP) is 6.33. The van der Waals surface area contributed by atoms with E-state index < -0.39 is 0 Å². The largest absolute Gasteiger partial charge is 0.255 e. The fourth-order valence-electron chi connectivity index (χ4n) is 4.34. The maximum absolute atomic E-state index is 4.83. The van der Waals surface area contributed by atoms with Crippen molar-refractivity contribution in [3.8, 4) is 57.3 Å².